The first-order valence-electron chi connectivity index (χ1n) is 12.4. The molecule has 0 aliphatic rings. The molecule has 0 saturated carbocycles. The summed E-state index contributed by atoms with van der Waals surface area (Å²) in [6, 6.07) is -4.08. The van der Waals surface area contributed by atoms with Crippen LogP contribution in [0.25, 0.3) is 0 Å². The van der Waals surface area contributed by atoms with Crippen molar-refractivity contribution < 1.29 is 24.3 Å². The molecule has 0 radical (unpaired) electrons. The fraction of sp³-hybridized carbons (Fsp3) is 0.652. The molecule has 5 atom stereocenters. The molecule has 15 heteroatoms. The molecule has 0 aliphatic carbocycles. The van der Waals surface area contributed by atoms with Gasteiger partial charge in [-0.3, -0.25) is 19.4 Å². The minimum absolute atomic E-state index is 0.0975. The quantitative estimate of drug-likeness (QED) is 0.0602. The van der Waals surface area contributed by atoms with E-state index >= 15 is 0 Å². The smallest absolute Gasteiger partial charge is 0.326 e. The molecule has 214 valence electrons. The van der Waals surface area contributed by atoms with Gasteiger partial charge in [-0.25, -0.2) is 9.78 Å². The predicted octanol–water partition coefficient (Wildman–Crippen LogP) is -1.33. The van der Waals surface area contributed by atoms with Gasteiger partial charge in [0.15, 0.2) is 5.96 Å². The third-order valence-corrected chi connectivity index (χ3v) is 6.57. The Bertz CT molecular complexity index is 924. The van der Waals surface area contributed by atoms with Crippen molar-refractivity contribution in [3.63, 3.8) is 0 Å². The van der Waals surface area contributed by atoms with Gasteiger partial charge in [-0.15, -0.1) is 0 Å². The number of nitrogens with one attached hydrogen (secondary N) is 4. The molecule has 14 nitrogen and oxygen atoms in total. The number of carboxylic acid groups (broad SMARTS) is 1. The van der Waals surface area contributed by atoms with Crippen molar-refractivity contribution in [2.75, 3.05) is 18.6 Å². The second-order valence-corrected chi connectivity index (χ2v) is 9.94. The monoisotopic (exact) mass is 555 g/mol. The number of imidazole rings is 1. The number of aromatic amines is 1. The van der Waals surface area contributed by atoms with Crippen molar-refractivity contribution in [3.8, 4) is 0 Å². The maximum absolute atomic E-state index is 13.3. The van der Waals surface area contributed by atoms with E-state index in [1.807, 2.05) is 13.2 Å². The second kappa shape index (κ2) is 17.2. The normalized spacial score (nSPS) is 14.8. The average molecular weight is 556 g/mol. The van der Waals surface area contributed by atoms with Crippen LogP contribution in [-0.2, 0) is 25.6 Å². The van der Waals surface area contributed by atoms with Gasteiger partial charge in [-0.2, -0.15) is 11.8 Å². The summed E-state index contributed by atoms with van der Waals surface area (Å²) in [5.41, 5.74) is 17.4. The van der Waals surface area contributed by atoms with Crippen molar-refractivity contribution >= 4 is 41.4 Å². The van der Waals surface area contributed by atoms with Gasteiger partial charge < -0.3 is 43.2 Å². The molecule has 0 bridgehead atoms. The molecule has 0 spiro atoms. The number of thioether (sulfide) groups is 1. The lowest BCUT2D eigenvalue weighted by atomic mass is 9.98. The van der Waals surface area contributed by atoms with E-state index in [1.54, 1.807) is 13.1 Å². The largest absolute Gasteiger partial charge is 0.480 e. The number of hydrogen-bond donors (Lipinski definition) is 8. The van der Waals surface area contributed by atoms with Crippen molar-refractivity contribution in [2.24, 2.45) is 28.1 Å². The van der Waals surface area contributed by atoms with Crippen LogP contribution >= 0.6 is 11.8 Å². The summed E-state index contributed by atoms with van der Waals surface area (Å²) in [6.07, 6.45) is 6.39. The maximum atomic E-state index is 13.3. The van der Waals surface area contributed by atoms with Crippen LogP contribution in [0.15, 0.2) is 17.5 Å². The molecule has 1 aromatic rings. The Morgan fingerprint density at radius 2 is 1.74 bits per heavy atom. The molecule has 0 aliphatic heterocycles. The molecule has 0 aromatic carbocycles. The van der Waals surface area contributed by atoms with Gasteiger partial charge in [-0.05, 0) is 37.2 Å². The Kier molecular flexibility index (Phi) is 14.8. The van der Waals surface area contributed by atoms with Gasteiger partial charge in [0.2, 0.25) is 17.7 Å². The number of aliphatic imine (C=N–C) groups is 1. The zero-order valence-electron chi connectivity index (χ0n) is 22.1. The summed E-state index contributed by atoms with van der Waals surface area (Å²) in [5, 5.41) is 17.4. The fourth-order valence-corrected chi connectivity index (χ4v) is 3.96. The summed E-state index contributed by atoms with van der Waals surface area (Å²) in [5.74, 6) is -2.80. The summed E-state index contributed by atoms with van der Waals surface area (Å²) < 4.78 is 0. The molecule has 1 heterocycles. The number of nitrogens with zero attached hydrogens (tertiary/aromatic N) is 2. The van der Waals surface area contributed by atoms with Crippen LogP contribution < -0.4 is 33.2 Å². The number of rotatable bonds is 18. The lowest BCUT2D eigenvalue weighted by Gasteiger charge is -2.26. The first kappa shape index (κ1) is 32.7. The Balaban J connectivity index is 3.00. The number of H-pyrrole nitrogens is 1. The summed E-state index contributed by atoms with van der Waals surface area (Å²) >= 11 is 1.47. The third-order valence-electron chi connectivity index (χ3n) is 5.93. The molecular weight excluding hydrogens is 514 g/mol. The van der Waals surface area contributed by atoms with Crippen LogP contribution in [0.1, 0.15) is 45.2 Å². The Labute approximate surface area is 226 Å². The van der Waals surface area contributed by atoms with Crippen LogP contribution in [0.2, 0.25) is 0 Å². The number of guanidine groups is 1. The number of carbonyl (C=O) groups is 4. The minimum Gasteiger partial charge on any atom is -0.480 e. The van der Waals surface area contributed by atoms with Crippen molar-refractivity contribution in [1.29, 1.82) is 0 Å². The molecule has 11 N–H and O–H groups in total. The highest BCUT2D eigenvalue weighted by Gasteiger charge is 2.31. The van der Waals surface area contributed by atoms with E-state index in [0.29, 0.717) is 24.3 Å². The predicted molar refractivity (Wildman–Crippen MR) is 146 cm³/mol. The van der Waals surface area contributed by atoms with Crippen molar-refractivity contribution in [2.45, 2.75) is 70.1 Å². The summed E-state index contributed by atoms with van der Waals surface area (Å²) in [7, 11) is 0. The highest BCUT2D eigenvalue weighted by molar-refractivity contribution is 7.98. The molecule has 1 rings (SSSR count). The molecule has 1 aromatic heterocycles. The Hall–Kier alpha value is -3.33. The van der Waals surface area contributed by atoms with Crippen molar-refractivity contribution in [3.05, 3.63) is 18.2 Å². The van der Waals surface area contributed by atoms with E-state index in [0.717, 1.165) is 0 Å². The number of amides is 3. The van der Waals surface area contributed by atoms with Crippen LogP contribution in [0.5, 0.6) is 0 Å². The molecular formula is C23H41N9O5S. The van der Waals surface area contributed by atoms with Crippen LogP contribution in [0, 0.1) is 5.92 Å². The SMILES string of the molecule is CCC(C)C(NC(=O)C(CCSC)NC(=O)C(CCCN=C(N)N)NC(=O)C(N)Cc1cnc[nH]1)C(=O)O. The zero-order chi connectivity index (χ0) is 28.7. The van der Waals surface area contributed by atoms with E-state index in [4.69, 9.17) is 17.2 Å². The summed E-state index contributed by atoms with van der Waals surface area (Å²) in [4.78, 5) is 61.4. The van der Waals surface area contributed by atoms with Crippen LogP contribution in [-0.4, -0.2) is 87.4 Å². The van der Waals surface area contributed by atoms with Gasteiger partial charge in [0, 0.05) is 24.9 Å². The number of carboxylic acids is 1. The molecule has 0 fully saturated rings. The molecule has 38 heavy (non-hydrogen) atoms. The number of nitrogens with two attached hydrogens (primary N) is 3. The number of hydrogen-bond acceptors (Lipinski definition) is 8. The topological polar surface area (TPSA) is 244 Å². The Morgan fingerprint density at radius 1 is 1.11 bits per heavy atom. The first-order valence-corrected chi connectivity index (χ1v) is 13.8. The van der Waals surface area contributed by atoms with Gasteiger partial charge in [0.1, 0.15) is 18.1 Å². The maximum Gasteiger partial charge on any atom is 0.326 e. The lowest BCUT2D eigenvalue weighted by molar-refractivity contribution is -0.143. The molecule has 0 saturated heterocycles. The highest BCUT2D eigenvalue weighted by atomic mass is 32.2. The number of carbonyl (C=O) groups excluding carboxylic acids is 3. The molecule has 3 amide bonds. The van der Waals surface area contributed by atoms with Crippen LogP contribution in [0.3, 0.4) is 0 Å². The van der Waals surface area contributed by atoms with Gasteiger partial charge in [-0.1, -0.05) is 20.3 Å². The third kappa shape index (κ3) is 11.8. The fourth-order valence-electron chi connectivity index (χ4n) is 3.49. The van der Waals surface area contributed by atoms with Gasteiger partial charge in [0.05, 0.1) is 12.4 Å². The van der Waals surface area contributed by atoms with E-state index < -0.39 is 47.9 Å². The average Bonchev–Trinajstić information content (AvgIpc) is 3.38. The van der Waals surface area contributed by atoms with Crippen LogP contribution in [0.4, 0.5) is 0 Å². The highest BCUT2D eigenvalue weighted by Crippen LogP contribution is 2.10. The van der Waals surface area contributed by atoms with E-state index in [-0.39, 0.29) is 37.7 Å². The van der Waals surface area contributed by atoms with E-state index in [9.17, 15) is 24.3 Å². The van der Waals surface area contributed by atoms with Crippen molar-refractivity contribution in [1.82, 2.24) is 25.9 Å². The van der Waals surface area contributed by atoms with E-state index in [1.165, 1.54) is 18.1 Å². The zero-order valence-corrected chi connectivity index (χ0v) is 22.9. The van der Waals surface area contributed by atoms with Gasteiger partial charge in [0.25, 0.3) is 0 Å². The minimum atomic E-state index is -1.15. The Morgan fingerprint density at radius 3 is 2.29 bits per heavy atom. The number of aromatic nitrogens is 2. The molecule has 5 unspecified atom stereocenters. The first-order chi connectivity index (χ1) is 18.0. The van der Waals surface area contributed by atoms with E-state index in [2.05, 4.69) is 30.9 Å². The summed E-state index contributed by atoms with van der Waals surface area (Å²) in [6.45, 7) is 3.78. The standard InChI is InChI=1S/C23H41N9O5S/c1-4-13(2)18(22(36)37)32-21(35)17(7-9-38-3)31-20(34)16(6-5-8-28-23(25)26)30-19(33)15(24)10-14-11-27-12-29-14/h11-13,15-18H,4-10,24H2,1-3H3,(H,27,29)(H,30,33)(H,31,34)(H,32,35)(H,36,37)(H4,25,26,28). The second-order valence-electron chi connectivity index (χ2n) is 8.95. The number of aliphatic carboxylic acids is 1. The lowest BCUT2D eigenvalue weighted by Crippen LogP contribution is -2.58. The van der Waals surface area contributed by atoms with Gasteiger partial charge >= 0.3 is 5.97 Å².